The third kappa shape index (κ3) is 9.34. The number of hydrogen-bond donors (Lipinski definition) is 0. The molecule has 4 saturated heterocycles. The van der Waals surface area contributed by atoms with Crippen molar-refractivity contribution in [3.05, 3.63) is 0 Å². The van der Waals surface area contributed by atoms with Crippen LogP contribution in [0, 0.1) is 5.41 Å². The summed E-state index contributed by atoms with van der Waals surface area (Å²) in [6.45, 7) is 9.04. The largest absolute Gasteiger partial charge is 0.349 e. The smallest absolute Gasteiger partial charge is 0.304 e. The molecule has 4 rings (SSSR count). The van der Waals surface area contributed by atoms with E-state index >= 15 is 0 Å². The lowest BCUT2D eigenvalue weighted by Gasteiger charge is -2.65. The zero-order valence-corrected chi connectivity index (χ0v) is 27.2. The zero-order valence-electron chi connectivity index (χ0n) is 25.4. The molecule has 4 heterocycles. The van der Waals surface area contributed by atoms with Gasteiger partial charge in [0.2, 0.25) is 0 Å². The van der Waals surface area contributed by atoms with Crippen LogP contribution in [-0.4, -0.2) is 11.6 Å². The Labute approximate surface area is 238 Å². The molecule has 224 valence electrons. The maximum atomic E-state index is 6.72. The molecule has 1 unspecified atom stereocenters. The molecule has 4 fully saturated rings. The quantitative estimate of drug-likeness (QED) is 0.0847. The maximum Gasteiger partial charge on any atom is 0.349 e. The highest BCUT2D eigenvalue weighted by Gasteiger charge is 2.76. The van der Waals surface area contributed by atoms with Gasteiger partial charge in [-0.05, 0) is 26.7 Å². The van der Waals surface area contributed by atoms with Crippen LogP contribution >= 0.6 is 17.2 Å². The topological polar surface area (TPSA) is 46.2 Å². The summed E-state index contributed by atoms with van der Waals surface area (Å²) in [7, 11) is -2.64. The Morgan fingerprint density at radius 1 is 0.421 bits per heavy atom. The van der Waals surface area contributed by atoms with Crippen LogP contribution < -0.4 is 0 Å². The van der Waals surface area contributed by atoms with Crippen molar-refractivity contribution >= 4 is 17.2 Å². The van der Waals surface area contributed by atoms with E-state index in [1.807, 2.05) is 0 Å². The summed E-state index contributed by atoms with van der Waals surface area (Å²) in [5, 5.41) is 0. The van der Waals surface area contributed by atoms with Crippen LogP contribution in [0.2, 0.25) is 0 Å². The Balaban J connectivity index is 1.37. The first kappa shape index (κ1) is 33.2. The summed E-state index contributed by atoms with van der Waals surface area (Å²) in [5.41, 5.74) is -0.671. The van der Waals surface area contributed by atoms with Gasteiger partial charge in [-0.3, -0.25) is 13.6 Å². The van der Waals surface area contributed by atoms with Crippen molar-refractivity contribution in [3.63, 3.8) is 0 Å². The summed E-state index contributed by atoms with van der Waals surface area (Å²) >= 11 is 0. The van der Waals surface area contributed by atoms with Gasteiger partial charge in [0.1, 0.15) is 0 Å². The van der Waals surface area contributed by atoms with E-state index in [-0.39, 0.29) is 11.0 Å². The summed E-state index contributed by atoms with van der Waals surface area (Å²) in [6, 6.07) is 0. The molecule has 7 heteroatoms. The van der Waals surface area contributed by atoms with Crippen LogP contribution in [0.1, 0.15) is 182 Å². The van der Waals surface area contributed by atoms with Gasteiger partial charge in [-0.25, -0.2) is 4.31 Å². The molecule has 0 N–H and O–H groups in total. The number of rotatable bonds is 24. The lowest BCUT2D eigenvalue weighted by atomic mass is 9.67. The minimum atomic E-state index is -1.37. The molecule has 5 nitrogen and oxygen atoms in total. The van der Waals surface area contributed by atoms with Crippen LogP contribution in [0.15, 0.2) is 0 Å². The van der Waals surface area contributed by atoms with Crippen LogP contribution in [-0.2, 0) is 22.4 Å². The van der Waals surface area contributed by atoms with Gasteiger partial charge in [0.25, 0.3) is 0 Å². The average Bonchev–Trinajstić information content (AvgIpc) is 2.88. The van der Waals surface area contributed by atoms with Gasteiger partial charge in [-0.15, -0.1) is 0 Å². The Morgan fingerprint density at radius 3 is 1.11 bits per heavy atom. The van der Waals surface area contributed by atoms with Crippen molar-refractivity contribution in [2.24, 2.45) is 5.41 Å². The first-order valence-corrected chi connectivity index (χ1v) is 18.7. The SMILES string of the molecule is CCCCCCCCCCCCCC1(CCCCCCCCCCCCC)OP2OP3OC(O2)(O3)C1(C)C. The van der Waals surface area contributed by atoms with E-state index in [4.69, 9.17) is 22.4 Å². The first-order chi connectivity index (χ1) is 18.5. The monoisotopic (exact) mass is 574 g/mol. The fraction of sp³-hybridized carbons (Fsp3) is 1.00. The zero-order chi connectivity index (χ0) is 27.2. The molecule has 0 saturated carbocycles. The maximum absolute atomic E-state index is 6.72. The third-order valence-corrected chi connectivity index (χ3v) is 12.0. The van der Waals surface area contributed by atoms with E-state index in [0.717, 1.165) is 12.8 Å². The van der Waals surface area contributed by atoms with Crippen molar-refractivity contribution in [2.45, 2.75) is 193 Å². The second kappa shape index (κ2) is 17.6. The molecule has 4 aliphatic heterocycles. The van der Waals surface area contributed by atoms with Gasteiger partial charge in [0.15, 0.2) is 0 Å². The minimum Gasteiger partial charge on any atom is -0.304 e. The fourth-order valence-corrected chi connectivity index (χ4v) is 9.60. The molecule has 4 aliphatic rings. The molecular formula is C31H60O5P2. The van der Waals surface area contributed by atoms with Crippen molar-refractivity contribution in [2.75, 3.05) is 0 Å². The highest BCUT2D eigenvalue weighted by Crippen LogP contribution is 2.83. The lowest BCUT2D eigenvalue weighted by molar-refractivity contribution is -0.428. The second-order valence-corrected chi connectivity index (χ2v) is 14.9. The molecule has 38 heavy (non-hydrogen) atoms. The summed E-state index contributed by atoms with van der Waals surface area (Å²) < 4.78 is 30.7. The van der Waals surface area contributed by atoms with Crippen molar-refractivity contribution in [1.82, 2.24) is 0 Å². The average molecular weight is 575 g/mol. The predicted octanol–water partition coefficient (Wildman–Crippen LogP) is 12.4. The molecular weight excluding hydrogens is 514 g/mol. The van der Waals surface area contributed by atoms with Gasteiger partial charge in [0.05, 0.1) is 11.0 Å². The van der Waals surface area contributed by atoms with E-state index in [0.29, 0.717) is 0 Å². The Kier molecular flexibility index (Phi) is 15.3. The van der Waals surface area contributed by atoms with Gasteiger partial charge in [-0.2, -0.15) is 0 Å². The van der Waals surface area contributed by atoms with E-state index in [2.05, 4.69) is 27.7 Å². The molecule has 0 amide bonds. The second-order valence-electron chi connectivity index (χ2n) is 12.6. The molecule has 0 aliphatic carbocycles. The highest BCUT2D eigenvalue weighted by molar-refractivity contribution is 7.57. The first-order valence-electron chi connectivity index (χ1n) is 16.5. The van der Waals surface area contributed by atoms with Crippen LogP contribution in [0.4, 0.5) is 0 Å². The molecule has 0 aromatic rings. The third-order valence-electron chi connectivity index (χ3n) is 9.24. The van der Waals surface area contributed by atoms with E-state index in [9.17, 15) is 0 Å². The normalized spacial score (nSPS) is 26.8. The van der Waals surface area contributed by atoms with Crippen LogP contribution in [0.5, 0.6) is 0 Å². The standard InChI is InChI=1S/C31H60O5P2/c1-5-7-9-11-13-15-17-19-21-23-25-27-30(28-26-24-22-20-18-16-14-12-10-8-6-2)29(3,4)31-33-37(32-30)36-38(34-31)35-31/h5-28H2,1-4H3. The summed E-state index contributed by atoms with van der Waals surface area (Å²) in [5.74, 6) is -0.962. The van der Waals surface area contributed by atoms with Gasteiger partial charge in [0, 0.05) is 0 Å². The molecule has 0 radical (unpaired) electrons. The van der Waals surface area contributed by atoms with Gasteiger partial charge >= 0.3 is 23.2 Å². The number of hydrogen-bond acceptors (Lipinski definition) is 5. The van der Waals surface area contributed by atoms with Gasteiger partial charge < -0.3 is 4.52 Å². The van der Waals surface area contributed by atoms with Crippen molar-refractivity contribution in [3.8, 4) is 0 Å². The van der Waals surface area contributed by atoms with Gasteiger partial charge in [-0.1, -0.05) is 155 Å². The molecule has 3 bridgehead atoms. The molecule has 1 spiro atoms. The fourth-order valence-electron chi connectivity index (χ4n) is 6.34. The lowest BCUT2D eigenvalue weighted by Crippen LogP contribution is -2.69. The Bertz CT molecular complexity index is 599. The van der Waals surface area contributed by atoms with Crippen molar-refractivity contribution in [1.29, 1.82) is 0 Å². The predicted molar refractivity (Wildman–Crippen MR) is 161 cm³/mol. The summed E-state index contributed by atoms with van der Waals surface area (Å²) in [4.78, 5) is 0. The molecule has 1 atom stereocenters. The van der Waals surface area contributed by atoms with E-state index in [1.54, 1.807) is 0 Å². The van der Waals surface area contributed by atoms with Crippen LogP contribution in [0.25, 0.3) is 0 Å². The molecule has 0 aromatic heterocycles. The minimum absolute atomic E-state index is 0.308. The molecule has 0 aromatic carbocycles. The Morgan fingerprint density at radius 2 is 0.737 bits per heavy atom. The Hall–Kier alpha value is 0.660. The van der Waals surface area contributed by atoms with Crippen LogP contribution in [0.3, 0.4) is 0 Å². The van der Waals surface area contributed by atoms with E-state index in [1.165, 1.54) is 141 Å². The highest BCUT2D eigenvalue weighted by atomic mass is 31.2. The summed E-state index contributed by atoms with van der Waals surface area (Å²) in [6.07, 6.45) is 31.9. The van der Waals surface area contributed by atoms with E-state index < -0.39 is 23.2 Å². The van der Waals surface area contributed by atoms with Crippen molar-refractivity contribution < 1.29 is 22.4 Å². The number of unbranched alkanes of at least 4 members (excludes halogenated alkanes) is 20.